The van der Waals surface area contributed by atoms with Gasteiger partial charge in [-0.25, -0.2) is 9.59 Å². The number of methoxy groups -OCH3 is 1. The highest BCUT2D eigenvalue weighted by Gasteiger charge is 2.52. The Kier molecular flexibility index (Phi) is 6.34. The van der Waals surface area contributed by atoms with Gasteiger partial charge in [0.1, 0.15) is 12.1 Å². The number of rotatable bonds is 7. The Labute approximate surface area is 172 Å². The lowest BCUT2D eigenvalue weighted by Gasteiger charge is -2.19. The molecule has 30 heavy (non-hydrogen) atoms. The van der Waals surface area contributed by atoms with E-state index in [0.29, 0.717) is 18.4 Å². The van der Waals surface area contributed by atoms with Gasteiger partial charge in [-0.05, 0) is 30.5 Å². The van der Waals surface area contributed by atoms with Crippen LogP contribution in [0.1, 0.15) is 41.6 Å². The fourth-order valence-corrected chi connectivity index (χ4v) is 3.59. The third-order valence-corrected chi connectivity index (χ3v) is 5.22. The van der Waals surface area contributed by atoms with Gasteiger partial charge in [-0.3, -0.25) is 19.3 Å². The van der Waals surface area contributed by atoms with Crippen LogP contribution < -0.4 is 10.6 Å². The van der Waals surface area contributed by atoms with Crippen molar-refractivity contribution >= 4 is 29.8 Å². The Balaban J connectivity index is 1.41. The summed E-state index contributed by atoms with van der Waals surface area (Å²) in [4.78, 5) is 60.6. The molecule has 0 aromatic heterocycles. The lowest BCUT2D eigenvalue weighted by atomic mass is 9.98. The third kappa shape index (κ3) is 4.58. The molecule has 1 heterocycles. The number of benzene rings is 1. The lowest BCUT2D eigenvalue weighted by molar-refractivity contribution is -0.151. The van der Waals surface area contributed by atoms with E-state index < -0.39 is 48.5 Å². The molecule has 0 radical (unpaired) electrons. The number of hydrogen-bond donors (Lipinski definition) is 2. The fourth-order valence-electron chi connectivity index (χ4n) is 3.59. The molecular weight excluding hydrogens is 394 g/mol. The normalized spacial score (nSPS) is 17.0. The van der Waals surface area contributed by atoms with E-state index in [2.05, 4.69) is 15.4 Å². The van der Waals surface area contributed by atoms with E-state index in [4.69, 9.17) is 4.74 Å². The molecule has 0 unspecified atom stereocenters. The van der Waals surface area contributed by atoms with Gasteiger partial charge < -0.3 is 20.1 Å². The molecule has 1 aliphatic heterocycles. The molecular formula is C20H23N3O7. The summed E-state index contributed by atoms with van der Waals surface area (Å²) >= 11 is 0. The average molecular weight is 417 g/mol. The second-order valence-electron chi connectivity index (χ2n) is 7.24. The van der Waals surface area contributed by atoms with Crippen molar-refractivity contribution in [3.63, 3.8) is 0 Å². The van der Waals surface area contributed by atoms with Crippen LogP contribution in [0.5, 0.6) is 0 Å². The van der Waals surface area contributed by atoms with Crippen LogP contribution >= 0.6 is 0 Å². The van der Waals surface area contributed by atoms with Crippen LogP contribution in [0, 0.1) is 0 Å². The minimum Gasteiger partial charge on any atom is -0.465 e. The van der Waals surface area contributed by atoms with Crippen molar-refractivity contribution < 1.29 is 33.4 Å². The van der Waals surface area contributed by atoms with Crippen LogP contribution in [-0.2, 0) is 30.4 Å². The van der Waals surface area contributed by atoms with Crippen LogP contribution in [0.4, 0.5) is 4.79 Å². The summed E-state index contributed by atoms with van der Waals surface area (Å²) in [5.41, 5.74) is 0.239. The van der Waals surface area contributed by atoms with Crippen molar-refractivity contribution in [3.05, 3.63) is 35.4 Å². The summed E-state index contributed by atoms with van der Waals surface area (Å²) in [7, 11) is 1.29. The molecule has 1 saturated carbocycles. The first-order chi connectivity index (χ1) is 14.3. The first kappa shape index (κ1) is 21.3. The molecule has 4 amide bonds. The highest BCUT2D eigenvalue weighted by atomic mass is 16.5. The Morgan fingerprint density at radius 1 is 1.13 bits per heavy atom. The second-order valence-corrected chi connectivity index (χ2v) is 7.24. The van der Waals surface area contributed by atoms with Crippen molar-refractivity contribution in [2.45, 2.75) is 37.8 Å². The quantitative estimate of drug-likeness (QED) is 0.488. The highest BCUT2D eigenvalue weighted by molar-refractivity contribution is 6.08. The number of imide groups is 1. The van der Waals surface area contributed by atoms with Crippen molar-refractivity contribution in [3.8, 4) is 0 Å². The number of ether oxygens (including phenoxy) is 2. The second kappa shape index (κ2) is 8.93. The van der Waals surface area contributed by atoms with Gasteiger partial charge >= 0.3 is 18.0 Å². The van der Waals surface area contributed by atoms with Crippen molar-refractivity contribution in [1.29, 1.82) is 0 Å². The Morgan fingerprint density at radius 2 is 1.80 bits per heavy atom. The molecule has 10 nitrogen and oxygen atoms in total. The predicted molar refractivity (Wildman–Crippen MR) is 102 cm³/mol. The fraction of sp³-hybridized carbons (Fsp3) is 0.450. The van der Waals surface area contributed by atoms with E-state index in [-0.39, 0.29) is 6.54 Å². The van der Waals surface area contributed by atoms with Gasteiger partial charge in [0.15, 0.2) is 6.61 Å². The van der Waals surface area contributed by atoms with E-state index in [0.717, 1.165) is 23.3 Å². The zero-order valence-electron chi connectivity index (χ0n) is 16.6. The van der Waals surface area contributed by atoms with Crippen LogP contribution in [0.2, 0.25) is 0 Å². The molecule has 0 bridgehead atoms. The van der Waals surface area contributed by atoms with E-state index in [1.54, 1.807) is 24.3 Å². The summed E-state index contributed by atoms with van der Waals surface area (Å²) < 4.78 is 9.49. The number of carbonyl (C=O) groups excluding carboxylic acids is 5. The molecule has 3 rings (SSSR count). The van der Waals surface area contributed by atoms with Gasteiger partial charge in [0.25, 0.3) is 11.8 Å². The van der Waals surface area contributed by atoms with Gasteiger partial charge in [-0.15, -0.1) is 0 Å². The summed E-state index contributed by atoms with van der Waals surface area (Å²) in [5.74, 6) is -2.25. The van der Waals surface area contributed by atoms with Crippen molar-refractivity contribution in [2.75, 3.05) is 20.3 Å². The van der Waals surface area contributed by atoms with Gasteiger partial charge in [0.2, 0.25) is 0 Å². The maximum Gasteiger partial charge on any atom is 0.337 e. The van der Waals surface area contributed by atoms with Crippen molar-refractivity contribution in [2.24, 2.45) is 0 Å². The topological polar surface area (TPSA) is 131 Å². The van der Waals surface area contributed by atoms with E-state index in [1.807, 2.05) is 0 Å². The largest absolute Gasteiger partial charge is 0.465 e. The molecule has 0 atom stereocenters. The maximum absolute atomic E-state index is 12.5. The number of esters is 2. The third-order valence-electron chi connectivity index (χ3n) is 5.22. The van der Waals surface area contributed by atoms with Gasteiger partial charge in [0.05, 0.1) is 12.7 Å². The molecule has 1 spiro atoms. The van der Waals surface area contributed by atoms with Crippen LogP contribution in [0.25, 0.3) is 0 Å². The number of amides is 4. The Bertz CT molecular complexity index is 860. The number of urea groups is 1. The summed E-state index contributed by atoms with van der Waals surface area (Å²) in [5, 5.41) is 5.25. The van der Waals surface area contributed by atoms with E-state index in [9.17, 15) is 24.0 Å². The maximum atomic E-state index is 12.5. The van der Waals surface area contributed by atoms with Crippen LogP contribution in [0.3, 0.4) is 0 Å². The van der Waals surface area contributed by atoms with Crippen LogP contribution in [-0.4, -0.2) is 60.5 Å². The first-order valence-electron chi connectivity index (χ1n) is 9.58. The SMILES string of the molecule is COC(=O)c1ccc(CNC(=O)COC(=O)CN2C(=O)NC3(CCCC3)C2=O)cc1. The zero-order chi connectivity index (χ0) is 21.7. The smallest absolute Gasteiger partial charge is 0.337 e. The van der Waals surface area contributed by atoms with E-state index >= 15 is 0 Å². The molecule has 2 fully saturated rings. The molecule has 2 N–H and O–H groups in total. The zero-order valence-corrected chi connectivity index (χ0v) is 16.6. The molecule has 1 aliphatic carbocycles. The first-order valence-corrected chi connectivity index (χ1v) is 9.58. The average Bonchev–Trinajstić information content (AvgIpc) is 3.31. The minimum atomic E-state index is -0.891. The van der Waals surface area contributed by atoms with Crippen molar-refractivity contribution in [1.82, 2.24) is 15.5 Å². The molecule has 10 heteroatoms. The van der Waals surface area contributed by atoms with E-state index in [1.165, 1.54) is 7.11 Å². The number of hydrogen-bond acceptors (Lipinski definition) is 7. The minimum absolute atomic E-state index is 0.174. The monoisotopic (exact) mass is 417 g/mol. The lowest BCUT2D eigenvalue weighted by Crippen LogP contribution is -2.44. The van der Waals surface area contributed by atoms with Gasteiger partial charge in [-0.1, -0.05) is 25.0 Å². The van der Waals surface area contributed by atoms with Gasteiger partial charge in [0, 0.05) is 6.54 Å². The Hall–Kier alpha value is -3.43. The summed E-state index contributed by atoms with van der Waals surface area (Å²) in [6.07, 6.45) is 2.81. The van der Waals surface area contributed by atoms with Gasteiger partial charge in [-0.2, -0.15) is 0 Å². The molecule has 160 valence electrons. The standard InChI is InChI=1S/C20H23N3O7/c1-29-17(26)14-6-4-13(5-7-14)10-21-15(24)12-30-16(25)11-23-18(27)20(22-19(23)28)8-2-3-9-20/h4-7H,2-3,8-12H2,1H3,(H,21,24)(H,22,28). The molecule has 1 aromatic carbocycles. The number of carbonyl (C=O) groups is 5. The summed E-state index contributed by atoms with van der Waals surface area (Å²) in [6.45, 7) is -0.893. The molecule has 1 aromatic rings. The molecule has 2 aliphatic rings. The predicted octanol–water partition coefficient (Wildman–Crippen LogP) is 0.497. The highest BCUT2D eigenvalue weighted by Crippen LogP contribution is 2.34. The summed E-state index contributed by atoms with van der Waals surface area (Å²) in [6, 6.07) is 5.86. The Morgan fingerprint density at radius 3 is 2.43 bits per heavy atom. The number of nitrogens with one attached hydrogen (secondary N) is 2. The van der Waals surface area contributed by atoms with Crippen LogP contribution in [0.15, 0.2) is 24.3 Å². The number of nitrogens with zero attached hydrogens (tertiary/aromatic N) is 1. The molecule has 1 saturated heterocycles.